The van der Waals surface area contributed by atoms with Gasteiger partial charge in [0.25, 0.3) is 0 Å². The van der Waals surface area contributed by atoms with E-state index in [4.69, 9.17) is 11.6 Å². The molecule has 15 heavy (non-hydrogen) atoms. The third kappa shape index (κ3) is 2.37. The van der Waals surface area contributed by atoms with Crippen molar-refractivity contribution < 1.29 is 9.50 Å². The highest BCUT2D eigenvalue weighted by atomic mass is 35.5. The minimum Gasteiger partial charge on any atom is -0.383 e. The maximum atomic E-state index is 12.7. The summed E-state index contributed by atoms with van der Waals surface area (Å²) in [4.78, 5) is 0.756. The molecule has 0 amide bonds. The number of halogens is 2. The van der Waals surface area contributed by atoms with Gasteiger partial charge in [0.05, 0.1) is 5.02 Å². The highest BCUT2D eigenvalue weighted by molar-refractivity contribution is 7.10. The zero-order valence-electron chi connectivity index (χ0n) is 7.65. The average Bonchev–Trinajstić information content (AvgIpc) is 2.65. The first-order valence-corrected chi connectivity index (χ1v) is 5.60. The van der Waals surface area contributed by atoms with Crippen molar-refractivity contribution in [3.8, 4) is 0 Å². The molecule has 0 saturated carbocycles. The van der Waals surface area contributed by atoms with Crippen molar-refractivity contribution in [2.45, 2.75) is 6.10 Å². The van der Waals surface area contributed by atoms with Crippen LogP contribution >= 0.6 is 22.9 Å². The van der Waals surface area contributed by atoms with E-state index >= 15 is 0 Å². The molecule has 1 aromatic carbocycles. The van der Waals surface area contributed by atoms with Gasteiger partial charge in [-0.15, -0.1) is 11.3 Å². The second kappa shape index (κ2) is 4.31. The molecule has 1 nitrogen and oxygen atoms in total. The van der Waals surface area contributed by atoms with Crippen LogP contribution in [-0.4, -0.2) is 5.11 Å². The molecule has 0 aliphatic rings. The lowest BCUT2D eigenvalue weighted by Crippen LogP contribution is -1.96. The van der Waals surface area contributed by atoms with Gasteiger partial charge in [-0.2, -0.15) is 0 Å². The van der Waals surface area contributed by atoms with Gasteiger partial charge in [-0.25, -0.2) is 4.39 Å². The fraction of sp³-hybridized carbons (Fsp3) is 0.0909. The molecule has 2 rings (SSSR count). The van der Waals surface area contributed by atoms with Crippen LogP contribution in [-0.2, 0) is 0 Å². The lowest BCUT2D eigenvalue weighted by molar-refractivity contribution is 0.224. The third-order valence-electron chi connectivity index (χ3n) is 2.04. The van der Waals surface area contributed by atoms with Gasteiger partial charge in [0, 0.05) is 10.3 Å². The van der Waals surface area contributed by atoms with Gasteiger partial charge in [0.15, 0.2) is 0 Å². The molecule has 1 unspecified atom stereocenters. The molecule has 2 aromatic rings. The molecule has 1 atom stereocenters. The Labute approximate surface area is 95.8 Å². The minimum absolute atomic E-state index is 0.310. The van der Waals surface area contributed by atoms with E-state index in [0.717, 1.165) is 4.88 Å². The molecular weight excluding hydrogens is 235 g/mol. The maximum absolute atomic E-state index is 12.7. The number of benzene rings is 1. The topological polar surface area (TPSA) is 20.2 Å². The van der Waals surface area contributed by atoms with Crippen molar-refractivity contribution in [2.75, 3.05) is 0 Å². The van der Waals surface area contributed by atoms with Crippen molar-refractivity contribution in [1.29, 1.82) is 0 Å². The summed E-state index contributed by atoms with van der Waals surface area (Å²) in [6, 6.07) is 7.49. The zero-order chi connectivity index (χ0) is 10.8. The molecule has 0 radical (unpaired) electrons. The van der Waals surface area contributed by atoms with E-state index in [9.17, 15) is 9.50 Å². The van der Waals surface area contributed by atoms with Crippen molar-refractivity contribution in [3.63, 3.8) is 0 Å². The molecule has 78 valence electrons. The molecule has 1 N–H and O–H groups in total. The fourth-order valence-electron chi connectivity index (χ4n) is 1.28. The first-order chi connectivity index (χ1) is 7.16. The van der Waals surface area contributed by atoms with Crippen LogP contribution in [0.5, 0.6) is 0 Å². The molecule has 0 spiro atoms. The zero-order valence-corrected chi connectivity index (χ0v) is 9.23. The second-order valence-electron chi connectivity index (χ2n) is 3.12. The van der Waals surface area contributed by atoms with Crippen LogP contribution < -0.4 is 0 Å². The molecule has 0 fully saturated rings. The molecule has 1 aromatic heterocycles. The summed E-state index contributed by atoms with van der Waals surface area (Å²) in [5.41, 5.74) is 0.662. The van der Waals surface area contributed by atoms with Gasteiger partial charge < -0.3 is 5.11 Å². The first-order valence-electron chi connectivity index (χ1n) is 4.34. The highest BCUT2D eigenvalue weighted by Gasteiger charge is 2.12. The van der Waals surface area contributed by atoms with E-state index in [0.29, 0.717) is 10.6 Å². The van der Waals surface area contributed by atoms with E-state index in [-0.39, 0.29) is 5.82 Å². The Bertz CT molecular complexity index is 452. The van der Waals surface area contributed by atoms with Crippen LogP contribution in [0.25, 0.3) is 0 Å². The van der Waals surface area contributed by atoms with Crippen LogP contribution in [0.15, 0.2) is 35.7 Å². The number of hydrogen-bond acceptors (Lipinski definition) is 2. The predicted molar refractivity (Wildman–Crippen MR) is 59.8 cm³/mol. The lowest BCUT2D eigenvalue weighted by atomic mass is 10.1. The summed E-state index contributed by atoms with van der Waals surface area (Å²) in [5, 5.41) is 12.3. The molecule has 0 aliphatic heterocycles. The van der Waals surface area contributed by atoms with Gasteiger partial charge >= 0.3 is 0 Å². The smallest absolute Gasteiger partial charge is 0.123 e. The summed E-state index contributed by atoms with van der Waals surface area (Å²) in [6.07, 6.45) is -0.733. The lowest BCUT2D eigenvalue weighted by Gasteiger charge is -2.08. The normalized spacial score (nSPS) is 12.7. The third-order valence-corrected chi connectivity index (χ3v) is 3.38. The molecule has 1 heterocycles. The molecular formula is C11H8ClFOS. The van der Waals surface area contributed by atoms with Gasteiger partial charge in [0.1, 0.15) is 11.9 Å². The first kappa shape index (κ1) is 10.6. The van der Waals surface area contributed by atoms with Crippen LogP contribution in [0.4, 0.5) is 4.39 Å². The van der Waals surface area contributed by atoms with Gasteiger partial charge in [-0.1, -0.05) is 23.7 Å². The number of rotatable bonds is 2. The van der Waals surface area contributed by atoms with E-state index in [2.05, 4.69) is 0 Å². The van der Waals surface area contributed by atoms with Gasteiger partial charge in [-0.3, -0.25) is 0 Å². The summed E-state index contributed by atoms with van der Waals surface area (Å²) in [7, 11) is 0. The monoisotopic (exact) mass is 242 g/mol. The van der Waals surface area contributed by atoms with Crippen LogP contribution in [0, 0.1) is 5.82 Å². The summed E-state index contributed by atoms with van der Waals surface area (Å²) >= 11 is 7.14. The SMILES string of the molecule is OC(c1ccc(F)cc1)c1cc(Cl)cs1. The Balaban J connectivity index is 2.28. The quantitative estimate of drug-likeness (QED) is 0.853. The van der Waals surface area contributed by atoms with E-state index in [1.807, 2.05) is 0 Å². The van der Waals surface area contributed by atoms with Crippen LogP contribution in [0.2, 0.25) is 5.02 Å². The van der Waals surface area contributed by atoms with Crippen molar-refractivity contribution in [2.24, 2.45) is 0 Å². The Kier molecular flexibility index (Phi) is 3.05. The molecule has 0 aliphatic carbocycles. The summed E-state index contributed by atoms with van der Waals surface area (Å²) in [5.74, 6) is -0.310. The Morgan fingerprint density at radius 3 is 2.47 bits per heavy atom. The Morgan fingerprint density at radius 2 is 1.93 bits per heavy atom. The van der Waals surface area contributed by atoms with Crippen LogP contribution in [0.1, 0.15) is 16.5 Å². The predicted octanol–water partition coefficient (Wildman–Crippen LogP) is 3.62. The maximum Gasteiger partial charge on any atom is 0.123 e. The van der Waals surface area contributed by atoms with Crippen molar-refractivity contribution in [1.82, 2.24) is 0 Å². The summed E-state index contributed by atoms with van der Waals surface area (Å²) < 4.78 is 12.7. The number of hydrogen-bond donors (Lipinski definition) is 1. The number of aliphatic hydroxyl groups excluding tert-OH is 1. The minimum atomic E-state index is -0.733. The number of thiophene rings is 1. The molecule has 0 saturated heterocycles. The Hall–Kier alpha value is -0.900. The standard InChI is InChI=1S/C11H8ClFOS/c12-8-5-10(15-6-8)11(14)7-1-3-9(13)4-2-7/h1-6,11,14H. The van der Waals surface area contributed by atoms with Crippen molar-refractivity contribution in [3.05, 3.63) is 57.0 Å². The van der Waals surface area contributed by atoms with E-state index in [1.54, 1.807) is 23.6 Å². The molecule has 0 bridgehead atoms. The Morgan fingerprint density at radius 1 is 1.27 bits per heavy atom. The average molecular weight is 243 g/mol. The van der Waals surface area contributed by atoms with E-state index < -0.39 is 6.10 Å². The van der Waals surface area contributed by atoms with Gasteiger partial charge in [-0.05, 0) is 23.8 Å². The van der Waals surface area contributed by atoms with Crippen LogP contribution in [0.3, 0.4) is 0 Å². The number of aliphatic hydroxyl groups is 1. The fourth-order valence-corrected chi connectivity index (χ4v) is 2.37. The highest BCUT2D eigenvalue weighted by Crippen LogP contribution is 2.29. The summed E-state index contributed by atoms with van der Waals surface area (Å²) in [6.45, 7) is 0. The molecule has 4 heteroatoms. The second-order valence-corrected chi connectivity index (χ2v) is 4.50. The largest absolute Gasteiger partial charge is 0.383 e. The van der Waals surface area contributed by atoms with E-state index in [1.165, 1.54) is 23.5 Å². The van der Waals surface area contributed by atoms with Gasteiger partial charge in [0.2, 0.25) is 0 Å². The van der Waals surface area contributed by atoms with Crippen molar-refractivity contribution >= 4 is 22.9 Å².